The van der Waals surface area contributed by atoms with E-state index < -0.39 is 0 Å². The highest BCUT2D eigenvalue weighted by molar-refractivity contribution is 7.99. The average molecular weight is 195 g/mol. The molecule has 0 fully saturated rings. The summed E-state index contributed by atoms with van der Waals surface area (Å²) in [5, 5.41) is 9.01. The van der Waals surface area contributed by atoms with E-state index in [0.29, 0.717) is 22.3 Å². The second-order valence-electron chi connectivity index (χ2n) is 2.19. The van der Waals surface area contributed by atoms with Crippen LogP contribution in [0.4, 0.5) is 5.69 Å². The normalized spacial score (nSPS) is 9.23. The van der Waals surface area contributed by atoms with Crippen molar-refractivity contribution in [3.63, 3.8) is 0 Å². The summed E-state index contributed by atoms with van der Waals surface area (Å²) in [6.07, 6.45) is 0. The van der Waals surface area contributed by atoms with E-state index in [1.807, 2.05) is 6.07 Å². The molecule has 0 saturated heterocycles. The third-order valence-corrected chi connectivity index (χ3v) is 2.22. The van der Waals surface area contributed by atoms with Crippen molar-refractivity contribution in [2.24, 2.45) is 0 Å². The maximum Gasteiger partial charge on any atom is 0.214 e. The van der Waals surface area contributed by atoms with Crippen molar-refractivity contribution < 1.29 is 4.74 Å². The van der Waals surface area contributed by atoms with Gasteiger partial charge in [-0.05, 0) is 6.07 Å². The number of hydrogen-bond acceptors (Lipinski definition) is 5. The van der Waals surface area contributed by atoms with Gasteiger partial charge in [-0.25, -0.2) is 4.98 Å². The lowest BCUT2D eigenvalue weighted by atomic mass is 10.4. The summed E-state index contributed by atoms with van der Waals surface area (Å²) in [5.74, 6) is 0.847. The number of pyridine rings is 1. The van der Waals surface area contributed by atoms with E-state index >= 15 is 0 Å². The Morgan fingerprint density at radius 2 is 2.46 bits per heavy atom. The molecule has 4 nitrogen and oxygen atoms in total. The molecule has 1 rings (SSSR count). The third-order valence-electron chi connectivity index (χ3n) is 1.35. The molecule has 0 amide bonds. The molecule has 0 aliphatic carbocycles. The average Bonchev–Trinajstić information content (AvgIpc) is 2.17. The van der Waals surface area contributed by atoms with Gasteiger partial charge in [-0.2, -0.15) is 5.26 Å². The molecule has 0 unspecified atom stereocenters. The highest BCUT2D eigenvalue weighted by Gasteiger charge is 2.03. The molecule has 0 aliphatic rings. The van der Waals surface area contributed by atoms with E-state index in [1.54, 1.807) is 12.1 Å². The number of nitrogen functional groups attached to an aromatic ring is 1. The Hall–Kier alpha value is -1.41. The van der Waals surface area contributed by atoms with Crippen molar-refractivity contribution in [3.8, 4) is 11.9 Å². The monoisotopic (exact) mass is 195 g/mol. The smallest absolute Gasteiger partial charge is 0.214 e. The number of rotatable bonds is 3. The fraction of sp³-hybridized carbons (Fsp3) is 0.250. The number of nitriles is 1. The van der Waals surface area contributed by atoms with Gasteiger partial charge < -0.3 is 10.5 Å². The van der Waals surface area contributed by atoms with Gasteiger partial charge in [0.2, 0.25) is 5.88 Å². The van der Waals surface area contributed by atoms with Crippen LogP contribution in [-0.4, -0.2) is 17.8 Å². The highest BCUT2D eigenvalue weighted by atomic mass is 32.2. The van der Waals surface area contributed by atoms with Crippen LogP contribution in [0, 0.1) is 11.3 Å². The van der Waals surface area contributed by atoms with Crippen LogP contribution in [0.25, 0.3) is 0 Å². The largest absolute Gasteiger partial charge is 0.481 e. The number of nitrogens with two attached hydrogens (primary N) is 1. The predicted octanol–water partition coefficient (Wildman–Crippen LogP) is 1.29. The summed E-state index contributed by atoms with van der Waals surface area (Å²) in [6, 6.07) is 5.41. The Morgan fingerprint density at radius 1 is 1.69 bits per heavy atom. The number of thioether (sulfide) groups is 1. The number of methoxy groups -OCH3 is 1. The molecule has 0 bridgehead atoms. The van der Waals surface area contributed by atoms with E-state index in [0.717, 1.165) is 0 Å². The Balaban J connectivity index is 2.85. The first-order valence-electron chi connectivity index (χ1n) is 3.58. The van der Waals surface area contributed by atoms with Crippen molar-refractivity contribution in [3.05, 3.63) is 12.1 Å². The molecule has 0 radical (unpaired) electrons. The molecule has 0 saturated carbocycles. The molecule has 0 atom stereocenters. The molecule has 0 spiro atoms. The molecule has 5 heteroatoms. The third kappa shape index (κ3) is 2.53. The van der Waals surface area contributed by atoms with Gasteiger partial charge in [0.05, 0.1) is 24.6 Å². The summed E-state index contributed by atoms with van der Waals surface area (Å²) in [6.45, 7) is 0. The van der Waals surface area contributed by atoms with Gasteiger partial charge in [0.15, 0.2) is 0 Å². The van der Waals surface area contributed by atoms with Crippen LogP contribution in [0.5, 0.6) is 5.88 Å². The standard InChI is InChI=1S/C8H9N3OS/c1-12-7-3-2-6(10)8(11-7)13-5-4-9/h2-3H,5,10H2,1H3. The summed E-state index contributed by atoms with van der Waals surface area (Å²) >= 11 is 1.30. The molecule has 1 aromatic heterocycles. The topological polar surface area (TPSA) is 71.9 Å². The minimum absolute atomic E-state index is 0.338. The minimum atomic E-state index is 0.338. The number of aromatic nitrogens is 1. The van der Waals surface area contributed by atoms with E-state index in [1.165, 1.54) is 18.9 Å². The zero-order valence-electron chi connectivity index (χ0n) is 7.15. The van der Waals surface area contributed by atoms with Crippen LogP contribution in [-0.2, 0) is 0 Å². The van der Waals surface area contributed by atoms with Crippen molar-refractivity contribution in [2.75, 3.05) is 18.6 Å². The van der Waals surface area contributed by atoms with Crippen LogP contribution in [0.15, 0.2) is 17.2 Å². The minimum Gasteiger partial charge on any atom is -0.481 e. The number of anilines is 1. The highest BCUT2D eigenvalue weighted by Crippen LogP contribution is 2.24. The molecule has 68 valence electrons. The quantitative estimate of drug-likeness (QED) is 0.736. The first-order valence-corrected chi connectivity index (χ1v) is 4.56. The van der Waals surface area contributed by atoms with E-state index in [9.17, 15) is 0 Å². The fourth-order valence-electron chi connectivity index (χ4n) is 0.764. The maximum absolute atomic E-state index is 8.37. The van der Waals surface area contributed by atoms with Gasteiger partial charge in [-0.1, -0.05) is 11.8 Å². The van der Waals surface area contributed by atoms with Gasteiger partial charge in [-0.15, -0.1) is 0 Å². The zero-order chi connectivity index (χ0) is 9.68. The Labute approximate surface area is 80.7 Å². The second-order valence-corrected chi connectivity index (χ2v) is 3.16. The van der Waals surface area contributed by atoms with Crippen LogP contribution >= 0.6 is 11.8 Å². The SMILES string of the molecule is COc1ccc(N)c(SCC#N)n1. The van der Waals surface area contributed by atoms with E-state index in [-0.39, 0.29) is 0 Å². The number of nitrogens with zero attached hydrogens (tertiary/aromatic N) is 2. The summed E-state index contributed by atoms with van der Waals surface area (Å²) in [7, 11) is 1.54. The van der Waals surface area contributed by atoms with Crippen molar-refractivity contribution in [1.29, 1.82) is 5.26 Å². The maximum atomic E-state index is 8.37. The Morgan fingerprint density at radius 3 is 3.08 bits per heavy atom. The van der Waals surface area contributed by atoms with Crippen LogP contribution in [0.1, 0.15) is 0 Å². The van der Waals surface area contributed by atoms with Gasteiger partial charge in [0.25, 0.3) is 0 Å². The van der Waals surface area contributed by atoms with Crippen LogP contribution in [0.3, 0.4) is 0 Å². The molecule has 1 aromatic rings. The second kappa shape index (κ2) is 4.58. The zero-order valence-corrected chi connectivity index (χ0v) is 7.97. The lowest BCUT2D eigenvalue weighted by molar-refractivity contribution is 0.395. The van der Waals surface area contributed by atoms with Gasteiger partial charge >= 0.3 is 0 Å². The number of hydrogen-bond donors (Lipinski definition) is 1. The van der Waals surface area contributed by atoms with Crippen LogP contribution in [0.2, 0.25) is 0 Å². The first-order chi connectivity index (χ1) is 6.27. The number of ether oxygens (including phenoxy) is 1. The Bertz CT molecular complexity index is 335. The van der Waals surface area contributed by atoms with E-state index in [2.05, 4.69) is 4.98 Å². The first kappa shape index (κ1) is 9.68. The predicted molar refractivity (Wildman–Crippen MR) is 51.5 cm³/mol. The lowest BCUT2D eigenvalue weighted by Gasteiger charge is -2.03. The summed E-state index contributed by atoms with van der Waals surface area (Å²) in [5.41, 5.74) is 6.21. The molecule has 1 heterocycles. The lowest BCUT2D eigenvalue weighted by Crippen LogP contribution is -1.95. The van der Waals surface area contributed by atoms with Crippen molar-refractivity contribution in [1.82, 2.24) is 4.98 Å². The van der Waals surface area contributed by atoms with Crippen molar-refractivity contribution in [2.45, 2.75) is 5.03 Å². The van der Waals surface area contributed by atoms with Crippen molar-refractivity contribution >= 4 is 17.4 Å². The molecule has 0 aromatic carbocycles. The van der Waals surface area contributed by atoms with Crippen LogP contribution < -0.4 is 10.5 Å². The van der Waals surface area contributed by atoms with Gasteiger partial charge in [0, 0.05) is 6.07 Å². The molecule has 2 N–H and O–H groups in total. The summed E-state index contributed by atoms with van der Waals surface area (Å²) in [4.78, 5) is 4.09. The molecule has 13 heavy (non-hydrogen) atoms. The summed E-state index contributed by atoms with van der Waals surface area (Å²) < 4.78 is 4.93. The molecular weight excluding hydrogens is 186 g/mol. The van der Waals surface area contributed by atoms with Gasteiger partial charge in [-0.3, -0.25) is 0 Å². The molecule has 0 aliphatic heterocycles. The Kier molecular flexibility index (Phi) is 3.41. The van der Waals surface area contributed by atoms with Gasteiger partial charge in [0.1, 0.15) is 5.03 Å². The molecular formula is C8H9N3OS. The van der Waals surface area contributed by atoms with E-state index in [4.69, 9.17) is 15.7 Å². The fourth-order valence-corrected chi connectivity index (χ4v) is 1.35.